The van der Waals surface area contributed by atoms with Crippen LogP contribution in [-0.4, -0.2) is 52.6 Å². The van der Waals surface area contributed by atoms with E-state index in [1.54, 1.807) is 11.8 Å². The molecule has 3 aromatic rings. The molecule has 1 unspecified atom stereocenters. The number of amides is 1. The van der Waals surface area contributed by atoms with Crippen molar-refractivity contribution in [3.63, 3.8) is 0 Å². The number of nitrogens with zero attached hydrogens (tertiary/aromatic N) is 3. The van der Waals surface area contributed by atoms with Gasteiger partial charge < -0.3 is 14.8 Å². The van der Waals surface area contributed by atoms with Gasteiger partial charge in [0.25, 0.3) is 0 Å². The number of hydrogen-bond donors (Lipinski definition) is 1. The zero-order valence-corrected chi connectivity index (χ0v) is 18.3. The van der Waals surface area contributed by atoms with Crippen LogP contribution < -0.4 is 0 Å². The summed E-state index contributed by atoms with van der Waals surface area (Å²) >= 11 is 1.71. The second-order valence-electron chi connectivity index (χ2n) is 8.44. The molecule has 0 aliphatic carbocycles. The van der Waals surface area contributed by atoms with Crippen LogP contribution in [0.25, 0.3) is 10.9 Å². The molecule has 6 heteroatoms. The second-order valence-corrected chi connectivity index (χ2v) is 9.51. The lowest BCUT2D eigenvalue weighted by Crippen LogP contribution is -2.45. The summed E-state index contributed by atoms with van der Waals surface area (Å²) in [5, 5.41) is 11.2. The highest BCUT2D eigenvalue weighted by Gasteiger charge is 2.38. The number of fused-ring (bicyclic) bond motifs is 1. The average molecular weight is 431 g/mol. The van der Waals surface area contributed by atoms with Crippen LogP contribution >= 0.6 is 11.8 Å². The van der Waals surface area contributed by atoms with Gasteiger partial charge in [-0.3, -0.25) is 4.79 Å². The number of H-pyrrole nitrogens is 1. The number of carbonyl (C=O) groups excluding carboxylic acids is 1. The van der Waals surface area contributed by atoms with E-state index >= 15 is 0 Å². The van der Waals surface area contributed by atoms with E-state index in [0.717, 1.165) is 50.1 Å². The van der Waals surface area contributed by atoms with E-state index in [4.69, 9.17) is 0 Å². The van der Waals surface area contributed by atoms with Crippen molar-refractivity contribution in [2.24, 2.45) is 0 Å². The molecule has 1 amide bonds. The van der Waals surface area contributed by atoms with Crippen LogP contribution in [0.2, 0.25) is 0 Å². The molecule has 5 rings (SSSR count). The van der Waals surface area contributed by atoms with Crippen LogP contribution in [0.1, 0.15) is 29.3 Å². The maximum Gasteiger partial charge on any atom is 0.233 e. The summed E-state index contributed by atoms with van der Waals surface area (Å²) in [6.07, 6.45) is 3.72. The SMILES string of the molecule is N#CC1(c2ccccc2)CCN(CCN2C(=O)CSC2c2c[nH]c3ccccc23)CC1. The topological polar surface area (TPSA) is 63.1 Å². The summed E-state index contributed by atoms with van der Waals surface area (Å²) in [4.78, 5) is 20.4. The summed E-state index contributed by atoms with van der Waals surface area (Å²) in [5.74, 6) is 0.753. The predicted octanol–water partition coefficient (Wildman–Crippen LogP) is 4.30. The zero-order valence-electron chi connectivity index (χ0n) is 17.5. The van der Waals surface area contributed by atoms with E-state index in [-0.39, 0.29) is 16.7 Å². The quantitative estimate of drug-likeness (QED) is 0.656. The molecule has 0 spiro atoms. The van der Waals surface area contributed by atoms with Gasteiger partial charge in [0.05, 0.1) is 17.2 Å². The molecule has 158 valence electrons. The summed E-state index contributed by atoms with van der Waals surface area (Å²) in [5.41, 5.74) is 3.05. The van der Waals surface area contributed by atoms with Crippen molar-refractivity contribution in [3.05, 3.63) is 71.9 Å². The number of likely N-dealkylation sites (tertiary alicyclic amines) is 1. The molecular weight excluding hydrogens is 404 g/mol. The lowest BCUT2D eigenvalue weighted by atomic mass is 9.74. The van der Waals surface area contributed by atoms with Gasteiger partial charge in [-0.25, -0.2) is 0 Å². The zero-order chi connectivity index (χ0) is 21.3. The average Bonchev–Trinajstić information content (AvgIpc) is 3.41. The Labute approximate surface area is 187 Å². The normalized spacial score (nSPS) is 21.5. The molecule has 1 atom stereocenters. The Morgan fingerprint density at radius 1 is 1.06 bits per heavy atom. The van der Waals surface area contributed by atoms with Crippen molar-refractivity contribution in [2.75, 3.05) is 31.9 Å². The van der Waals surface area contributed by atoms with Crippen LogP contribution in [-0.2, 0) is 10.2 Å². The molecule has 5 nitrogen and oxygen atoms in total. The number of nitrogens with one attached hydrogen (secondary N) is 1. The third-order valence-corrected chi connectivity index (χ3v) is 8.00. The highest BCUT2D eigenvalue weighted by atomic mass is 32.2. The molecule has 3 heterocycles. The standard InChI is InChI=1S/C25H26N4OS/c26-18-25(19-6-2-1-3-7-19)10-12-28(13-11-25)14-15-29-23(30)17-31-24(29)21-16-27-22-9-5-4-8-20(21)22/h1-9,16,24,27H,10-15,17H2. The minimum Gasteiger partial charge on any atom is -0.361 e. The van der Waals surface area contributed by atoms with Gasteiger partial charge in [0, 0.05) is 48.8 Å². The van der Waals surface area contributed by atoms with Gasteiger partial charge in [0.2, 0.25) is 5.91 Å². The first-order valence-corrected chi connectivity index (χ1v) is 11.9. The van der Waals surface area contributed by atoms with Crippen molar-refractivity contribution in [2.45, 2.75) is 23.6 Å². The molecule has 2 aliphatic heterocycles. The van der Waals surface area contributed by atoms with Crippen LogP contribution in [0.5, 0.6) is 0 Å². The molecule has 1 aromatic heterocycles. The van der Waals surface area contributed by atoms with Gasteiger partial charge in [-0.05, 0) is 24.5 Å². The first-order chi connectivity index (χ1) is 15.2. The van der Waals surface area contributed by atoms with Crippen molar-refractivity contribution in [3.8, 4) is 6.07 Å². The van der Waals surface area contributed by atoms with Gasteiger partial charge >= 0.3 is 0 Å². The number of nitriles is 1. The largest absolute Gasteiger partial charge is 0.361 e. The van der Waals surface area contributed by atoms with Gasteiger partial charge in [0.15, 0.2) is 0 Å². The molecule has 2 fully saturated rings. The summed E-state index contributed by atoms with van der Waals surface area (Å²) in [7, 11) is 0. The molecule has 1 N–H and O–H groups in total. The summed E-state index contributed by atoms with van der Waals surface area (Å²) in [6, 6.07) is 21.1. The lowest BCUT2D eigenvalue weighted by molar-refractivity contribution is -0.128. The van der Waals surface area contributed by atoms with Crippen molar-refractivity contribution >= 4 is 28.6 Å². The number of carbonyl (C=O) groups is 1. The monoisotopic (exact) mass is 430 g/mol. The minimum absolute atomic E-state index is 0.0657. The lowest BCUT2D eigenvalue weighted by Gasteiger charge is -2.38. The van der Waals surface area contributed by atoms with E-state index in [0.29, 0.717) is 5.75 Å². The molecule has 0 saturated carbocycles. The van der Waals surface area contributed by atoms with Gasteiger partial charge in [-0.1, -0.05) is 48.5 Å². The van der Waals surface area contributed by atoms with Crippen LogP contribution in [0.3, 0.4) is 0 Å². The fraction of sp³-hybridized carbons (Fsp3) is 0.360. The Balaban J connectivity index is 1.25. The van der Waals surface area contributed by atoms with Gasteiger partial charge in [-0.15, -0.1) is 11.8 Å². The van der Waals surface area contributed by atoms with Crippen LogP contribution in [0.4, 0.5) is 0 Å². The van der Waals surface area contributed by atoms with Crippen molar-refractivity contribution in [1.29, 1.82) is 5.26 Å². The van der Waals surface area contributed by atoms with E-state index in [1.165, 1.54) is 10.9 Å². The number of benzene rings is 2. The maximum atomic E-state index is 12.7. The van der Waals surface area contributed by atoms with Crippen molar-refractivity contribution < 1.29 is 4.79 Å². The fourth-order valence-electron chi connectivity index (χ4n) is 4.88. The Hall–Kier alpha value is -2.75. The third kappa shape index (κ3) is 3.73. The van der Waals surface area contributed by atoms with Gasteiger partial charge in [-0.2, -0.15) is 5.26 Å². The highest BCUT2D eigenvalue weighted by Crippen LogP contribution is 2.41. The fourth-order valence-corrected chi connectivity index (χ4v) is 6.13. The number of aromatic nitrogens is 1. The Morgan fingerprint density at radius 2 is 1.81 bits per heavy atom. The van der Waals surface area contributed by atoms with E-state index in [9.17, 15) is 10.1 Å². The first-order valence-electron chi connectivity index (χ1n) is 10.9. The maximum absolute atomic E-state index is 12.7. The molecule has 0 radical (unpaired) electrons. The highest BCUT2D eigenvalue weighted by molar-refractivity contribution is 8.00. The smallest absolute Gasteiger partial charge is 0.233 e. The predicted molar refractivity (Wildman–Crippen MR) is 125 cm³/mol. The molecular formula is C25H26N4OS. The molecule has 2 aromatic carbocycles. The summed E-state index contributed by atoms with van der Waals surface area (Å²) < 4.78 is 0. The summed E-state index contributed by atoms with van der Waals surface area (Å²) in [6.45, 7) is 3.34. The van der Waals surface area contributed by atoms with E-state index in [1.807, 2.05) is 35.2 Å². The Morgan fingerprint density at radius 3 is 2.58 bits per heavy atom. The van der Waals surface area contributed by atoms with Crippen LogP contribution in [0, 0.1) is 11.3 Å². The molecule has 0 bridgehead atoms. The first kappa shape index (κ1) is 20.2. The number of thioether (sulfide) groups is 1. The van der Waals surface area contributed by atoms with E-state index in [2.05, 4.69) is 46.4 Å². The number of aromatic amines is 1. The Bertz CT molecular complexity index is 1110. The third-order valence-electron chi connectivity index (χ3n) is 6.76. The van der Waals surface area contributed by atoms with Crippen LogP contribution in [0.15, 0.2) is 60.8 Å². The molecule has 2 aliphatic rings. The molecule has 31 heavy (non-hydrogen) atoms. The van der Waals surface area contributed by atoms with Gasteiger partial charge in [0.1, 0.15) is 5.37 Å². The minimum atomic E-state index is -0.385. The van der Waals surface area contributed by atoms with Crippen molar-refractivity contribution in [1.82, 2.24) is 14.8 Å². The number of para-hydroxylation sites is 1. The number of hydrogen-bond acceptors (Lipinski definition) is 4. The second kappa shape index (κ2) is 8.41. The Kier molecular flexibility index (Phi) is 5.47. The number of piperidine rings is 1. The number of rotatable bonds is 5. The molecule has 2 saturated heterocycles. The van der Waals surface area contributed by atoms with E-state index < -0.39 is 0 Å².